The van der Waals surface area contributed by atoms with E-state index in [0.29, 0.717) is 27.9 Å². The fourth-order valence-electron chi connectivity index (χ4n) is 3.84. The number of benzene rings is 1. The van der Waals surface area contributed by atoms with E-state index in [1.165, 1.54) is 10.9 Å². The van der Waals surface area contributed by atoms with Crippen molar-refractivity contribution in [1.29, 1.82) is 0 Å². The van der Waals surface area contributed by atoms with Crippen molar-refractivity contribution in [2.75, 3.05) is 0 Å². The first-order chi connectivity index (χ1) is 14.4. The molecule has 0 bridgehead atoms. The first-order valence-electron chi connectivity index (χ1n) is 9.53. The summed E-state index contributed by atoms with van der Waals surface area (Å²) in [7, 11) is 1.76. The van der Waals surface area contributed by atoms with Gasteiger partial charge in [0, 0.05) is 17.5 Å². The number of nitrogens with zero attached hydrogens (tertiary/aromatic N) is 6. The SMILES string of the molecule is Cn1cnc2ncn(Cc3nc(C4(C)CC(Oc5cccc(Cl)c5)C4)no3)c(=O)c21. The standard InChI is InChI=1S/C20H19ClN6O3/c1-20(7-14(8-20)29-13-5-3-4-12(21)6-13)19-24-15(30-25-19)9-27-11-23-17-16(18(27)28)26(2)10-22-17/h3-6,10-11,14H,7-9H2,1-2H3. The van der Waals surface area contributed by atoms with E-state index >= 15 is 0 Å². The maximum atomic E-state index is 12.7. The number of ether oxygens (including phenoxy) is 1. The van der Waals surface area contributed by atoms with Crippen molar-refractivity contribution in [3.05, 3.63) is 64.0 Å². The van der Waals surface area contributed by atoms with Crippen molar-refractivity contribution in [2.45, 2.75) is 37.8 Å². The quantitative estimate of drug-likeness (QED) is 0.483. The number of halogens is 1. The number of rotatable bonds is 5. The Morgan fingerprint density at radius 1 is 1.30 bits per heavy atom. The van der Waals surface area contributed by atoms with Gasteiger partial charge in [-0.2, -0.15) is 4.98 Å². The molecule has 1 aliphatic rings. The number of imidazole rings is 1. The summed E-state index contributed by atoms with van der Waals surface area (Å²) in [5.74, 6) is 1.72. The minimum Gasteiger partial charge on any atom is -0.490 e. The molecule has 30 heavy (non-hydrogen) atoms. The van der Waals surface area contributed by atoms with Crippen LogP contribution in [0.4, 0.5) is 0 Å². The van der Waals surface area contributed by atoms with Gasteiger partial charge >= 0.3 is 0 Å². The van der Waals surface area contributed by atoms with Gasteiger partial charge in [-0.25, -0.2) is 9.97 Å². The molecule has 0 saturated heterocycles. The molecule has 1 aromatic carbocycles. The second kappa shape index (κ2) is 6.94. The van der Waals surface area contributed by atoms with Gasteiger partial charge in [-0.3, -0.25) is 9.36 Å². The van der Waals surface area contributed by atoms with Gasteiger partial charge in [0.2, 0.25) is 5.89 Å². The predicted octanol–water partition coefficient (Wildman–Crippen LogP) is 2.71. The van der Waals surface area contributed by atoms with Gasteiger partial charge in [0.1, 0.15) is 24.7 Å². The zero-order chi connectivity index (χ0) is 20.9. The van der Waals surface area contributed by atoms with Crippen LogP contribution in [0.1, 0.15) is 31.5 Å². The minimum atomic E-state index is -0.236. The van der Waals surface area contributed by atoms with E-state index in [9.17, 15) is 4.79 Å². The predicted molar refractivity (Wildman–Crippen MR) is 109 cm³/mol. The monoisotopic (exact) mass is 426 g/mol. The summed E-state index contributed by atoms with van der Waals surface area (Å²) in [5.41, 5.74) is 0.409. The van der Waals surface area contributed by atoms with Crippen LogP contribution in [0, 0.1) is 0 Å². The Bertz CT molecular complexity index is 1290. The highest BCUT2D eigenvalue weighted by Gasteiger charge is 2.46. The lowest BCUT2D eigenvalue weighted by Crippen LogP contribution is -2.46. The van der Waals surface area contributed by atoms with Crippen LogP contribution in [0.5, 0.6) is 5.75 Å². The number of fused-ring (bicyclic) bond motifs is 1. The average Bonchev–Trinajstić information content (AvgIpc) is 3.30. The molecule has 1 fully saturated rings. The van der Waals surface area contributed by atoms with Crippen molar-refractivity contribution in [3.63, 3.8) is 0 Å². The Balaban J connectivity index is 1.29. The highest BCUT2D eigenvalue weighted by Crippen LogP contribution is 2.44. The van der Waals surface area contributed by atoms with Crippen molar-refractivity contribution in [1.82, 2.24) is 29.2 Å². The van der Waals surface area contributed by atoms with E-state index in [0.717, 1.165) is 18.6 Å². The van der Waals surface area contributed by atoms with Gasteiger partial charge in [0.05, 0.1) is 6.33 Å². The Hall–Kier alpha value is -3.20. The lowest BCUT2D eigenvalue weighted by atomic mass is 9.67. The maximum absolute atomic E-state index is 12.7. The first kappa shape index (κ1) is 18.8. The van der Waals surface area contributed by atoms with Gasteiger partial charge in [-0.1, -0.05) is 29.7 Å². The summed E-state index contributed by atoms with van der Waals surface area (Å²) < 4.78 is 14.5. The molecule has 3 aromatic heterocycles. The second-order valence-corrected chi connectivity index (χ2v) is 8.32. The van der Waals surface area contributed by atoms with Crippen molar-refractivity contribution >= 4 is 22.8 Å². The van der Waals surface area contributed by atoms with Gasteiger partial charge in [0.25, 0.3) is 5.56 Å². The van der Waals surface area contributed by atoms with Crippen LogP contribution in [0.3, 0.4) is 0 Å². The number of hydrogen-bond donors (Lipinski definition) is 0. The van der Waals surface area contributed by atoms with Crippen LogP contribution in [0.15, 0.2) is 46.2 Å². The van der Waals surface area contributed by atoms with E-state index in [1.54, 1.807) is 24.0 Å². The van der Waals surface area contributed by atoms with Gasteiger partial charge in [-0.15, -0.1) is 0 Å². The lowest BCUT2D eigenvalue weighted by molar-refractivity contribution is 0.0422. The molecule has 0 aliphatic heterocycles. The highest BCUT2D eigenvalue weighted by molar-refractivity contribution is 6.30. The molecular formula is C20H19ClN6O3. The van der Waals surface area contributed by atoms with Crippen molar-refractivity contribution in [2.24, 2.45) is 7.05 Å². The van der Waals surface area contributed by atoms with Crippen LogP contribution in [-0.2, 0) is 19.0 Å². The molecule has 5 rings (SSSR count). The Morgan fingerprint density at radius 3 is 2.90 bits per heavy atom. The largest absolute Gasteiger partial charge is 0.490 e. The van der Waals surface area contributed by atoms with Gasteiger partial charge in [-0.05, 0) is 31.0 Å². The molecule has 1 saturated carbocycles. The number of aromatic nitrogens is 6. The lowest BCUT2D eigenvalue weighted by Gasteiger charge is -2.42. The summed E-state index contributed by atoms with van der Waals surface area (Å²) in [6, 6.07) is 7.36. The fourth-order valence-corrected chi connectivity index (χ4v) is 4.02. The number of hydrogen-bond acceptors (Lipinski definition) is 7. The van der Waals surface area contributed by atoms with Gasteiger partial charge in [0.15, 0.2) is 17.0 Å². The van der Waals surface area contributed by atoms with E-state index in [2.05, 4.69) is 27.0 Å². The van der Waals surface area contributed by atoms with E-state index in [1.807, 2.05) is 18.2 Å². The third-order valence-corrected chi connectivity index (χ3v) is 5.70. The molecule has 0 unspecified atom stereocenters. The second-order valence-electron chi connectivity index (χ2n) is 7.88. The van der Waals surface area contributed by atoms with Crippen LogP contribution in [0.25, 0.3) is 11.2 Å². The normalized spacial score (nSPS) is 21.0. The van der Waals surface area contributed by atoms with Crippen LogP contribution in [-0.4, -0.2) is 35.3 Å². The number of aryl methyl sites for hydroxylation is 1. The molecule has 0 N–H and O–H groups in total. The highest BCUT2D eigenvalue weighted by atomic mass is 35.5. The molecule has 10 heteroatoms. The summed E-state index contributed by atoms with van der Waals surface area (Å²) in [6.45, 7) is 2.23. The molecular weight excluding hydrogens is 408 g/mol. The minimum absolute atomic E-state index is 0.0643. The summed E-state index contributed by atoms with van der Waals surface area (Å²) >= 11 is 6.01. The summed E-state index contributed by atoms with van der Waals surface area (Å²) in [4.78, 5) is 25.5. The molecule has 4 aromatic rings. The summed E-state index contributed by atoms with van der Waals surface area (Å²) in [6.07, 6.45) is 4.60. The van der Waals surface area contributed by atoms with E-state index < -0.39 is 0 Å². The average molecular weight is 427 g/mol. The fraction of sp³-hybridized carbons (Fsp3) is 0.350. The molecule has 3 heterocycles. The van der Waals surface area contributed by atoms with Crippen molar-refractivity contribution in [3.8, 4) is 5.75 Å². The van der Waals surface area contributed by atoms with Crippen molar-refractivity contribution < 1.29 is 9.26 Å². The first-order valence-corrected chi connectivity index (χ1v) is 9.91. The molecule has 154 valence electrons. The van der Waals surface area contributed by atoms with E-state index in [4.69, 9.17) is 20.9 Å². The maximum Gasteiger partial charge on any atom is 0.280 e. The molecule has 0 amide bonds. The van der Waals surface area contributed by atoms with Gasteiger partial charge < -0.3 is 13.8 Å². The Kier molecular flexibility index (Phi) is 4.35. The third kappa shape index (κ3) is 3.24. The third-order valence-electron chi connectivity index (χ3n) is 5.47. The molecule has 0 spiro atoms. The van der Waals surface area contributed by atoms with Crippen LogP contribution < -0.4 is 10.3 Å². The van der Waals surface area contributed by atoms with Crippen LogP contribution >= 0.6 is 11.6 Å². The Labute approximate surface area is 176 Å². The Morgan fingerprint density at radius 2 is 2.10 bits per heavy atom. The molecule has 0 atom stereocenters. The molecule has 9 nitrogen and oxygen atoms in total. The van der Waals surface area contributed by atoms with E-state index in [-0.39, 0.29) is 23.6 Å². The summed E-state index contributed by atoms with van der Waals surface area (Å²) in [5, 5.41) is 4.79. The smallest absolute Gasteiger partial charge is 0.280 e. The zero-order valence-corrected chi connectivity index (χ0v) is 17.2. The zero-order valence-electron chi connectivity index (χ0n) is 16.4. The van der Waals surface area contributed by atoms with Crippen LogP contribution in [0.2, 0.25) is 5.02 Å². The molecule has 1 aliphatic carbocycles. The topological polar surface area (TPSA) is 101 Å². The molecule has 0 radical (unpaired) electrons.